The fourth-order valence-corrected chi connectivity index (χ4v) is 3.32. The molecule has 0 aromatic rings. The maximum atomic E-state index is 11.6. The third-order valence-corrected chi connectivity index (χ3v) is 4.26. The standard InChI is InChI=1S/C11H20N2O2S/c14-11(5-10-7-12-2-3-15-10)13-6-9-1-4-16-8-9/h9-10,12H,1-8H2,(H,13,14). The quantitative estimate of drug-likeness (QED) is 0.743. The van der Waals surface area contributed by atoms with Crippen molar-refractivity contribution in [1.29, 1.82) is 0 Å². The molecule has 0 aromatic carbocycles. The molecule has 5 heteroatoms. The number of hydrogen-bond acceptors (Lipinski definition) is 4. The van der Waals surface area contributed by atoms with Gasteiger partial charge in [0.15, 0.2) is 0 Å². The van der Waals surface area contributed by atoms with E-state index in [1.54, 1.807) is 0 Å². The van der Waals surface area contributed by atoms with E-state index in [1.807, 2.05) is 11.8 Å². The van der Waals surface area contributed by atoms with Crippen molar-refractivity contribution in [3.63, 3.8) is 0 Å². The molecule has 2 aliphatic rings. The van der Waals surface area contributed by atoms with E-state index in [-0.39, 0.29) is 12.0 Å². The van der Waals surface area contributed by atoms with Crippen molar-refractivity contribution in [1.82, 2.24) is 10.6 Å². The molecule has 2 saturated heterocycles. The first-order valence-corrected chi connectivity index (χ1v) is 7.17. The van der Waals surface area contributed by atoms with Crippen LogP contribution in [-0.4, -0.2) is 49.8 Å². The van der Waals surface area contributed by atoms with E-state index >= 15 is 0 Å². The molecule has 0 saturated carbocycles. The Hall–Kier alpha value is -0.260. The summed E-state index contributed by atoms with van der Waals surface area (Å²) in [7, 11) is 0. The normalized spacial score (nSPS) is 30.2. The average Bonchev–Trinajstić information content (AvgIpc) is 2.81. The van der Waals surface area contributed by atoms with Crippen LogP contribution in [-0.2, 0) is 9.53 Å². The second kappa shape index (κ2) is 6.47. The predicted molar refractivity (Wildman–Crippen MR) is 65.7 cm³/mol. The van der Waals surface area contributed by atoms with Gasteiger partial charge in [-0.25, -0.2) is 0 Å². The van der Waals surface area contributed by atoms with Crippen molar-refractivity contribution in [2.45, 2.75) is 18.9 Å². The molecule has 16 heavy (non-hydrogen) atoms. The number of carbonyl (C=O) groups is 1. The van der Waals surface area contributed by atoms with Crippen molar-refractivity contribution in [2.75, 3.05) is 37.7 Å². The SMILES string of the molecule is O=C(CC1CNCCO1)NCC1CCSC1. The number of rotatable bonds is 4. The molecular formula is C11H20N2O2S. The lowest BCUT2D eigenvalue weighted by Gasteiger charge is -2.23. The molecule has 1 amide bonds. The Morgan fingerprint density at radius 3 is 3.19 bits per heavy atom. The molecule has 0 aromatic heterocycles. The Bertz CT molecular complexity index is 226. The highest BCUT2D eigenvalue weighted by atomic mass is 32.2. The minimum absolute atomic E-state index is 0.0618. The summed E-state index contributed by atoms with van der Waals surface area (Å²) in [6.07, 6.45) is 1.80. The highest BCUT2D eigenvalue weighted by Crippen LogP contribution is 2.22. The Balaban J connectivity index is 1.59. The van der Waals surface area contributed by atoms with Crippen molar-refractivity contribution in [2.24, 2.45) is 5.92 Å². The lowest BCUT2D eigenvalue weighted by molar-refractivity contribution is -0.124. The summed E-state index contributed by atoms with van der Waals surface area (Å²) in [4.78, 5) is 11.6. The summed E-state index contributed by atoms with van der Waals surface area (Å²) < 4.78 is 5.49. The number of carbonyl (C=O) groups excluding carboxylic acids is 1. The molecule has 0 aliphatic carbocycles. The zero-order chi connectivity index (χ0) is 11.2. The Morgan fingerprint density at radius 1 is 1.56 bits per heavy atom. The second-order valence-electron chi connectivity index (χ2n) is 4.43. The van der Waals surface area contributed by atoms with Gasteiger partial charge in [0.1, 0.15) is 0 Å². The summed E-state index contributed by atoms with van der Waals surface area (Å²) in [5, 5.41) is 6.24. The minimum Gasteiger partial charge on any atom is -0.375 e. The second-order valence-corrected chi connectivity index (χ2v) is 5.58. The Labute approximate surface area is 101 Å². The maximum absolute atomic E-state index is 11.6. The van der Waals surface area contributed by atoms with E-state index in [9.17, 15) is 4.79 Å². The summed E-state index contributed by atoms with van der Waals surface area (Å²) in [5.41, 5.74) is 0. The van der Waals surface area contributed by atoms with Crippen LogP contribution >= 0.6 is 11.8 Å². The highest BCUT2D eigenvalue weighted by molar-refractivity contribution is 7.99. The number of nitrogens with one attached hydrogen (secondary N) is 2. The number of thioether (sulfide) groups is 1. The topological polar surface area (TPSA) is 50.4 Å². The molecule has 2 fully saturated rings. The smallest absolute Gasteiger partial charge is 0.222 e. The van der Waals surface area contributed by atoms with Gasteiger partial charge in [0.05, 0.1) is 19.1 Å². The molecule has 2 aliphatic heterocycles. The lowest BCUT2D eigenvalue weighted by Crippen LogP contribution is -2.42. The van der Waals surface area contributed by atoms with Gasteiger partial charge in [-0.3, -0.25) is 4.79 Å². The van der Waals surface area contributed by atoms with Gasteiger partial charge in [-0.1, -0.05) is 0 Å². The molecule has 2 rings (SSSR count). The van der Waals surface area contributed by atoms with Crippen LogP contribution in [0.15, 0.2) is 0 Å². The zero-order valence-corrected chi connectivity index (χ0v) is 10.4. The average molecular weight is 244 g/mol. The number of amides is 1. The van der Waals surface area contributed by atoms with E-state index in [4.69, 9.17) is 4.74 Å². The first-order chi connectivity index (χ1) is 7.84. The molecule has 0 spiro atoms. The Morgan fingerprint density at radius 2 is 2.50 bits per heavy atom. The van der Waals surface area contributed by atoms with Gasteiger partial charge in [0.2, 0.25) is 5.91 Å². The van der Waals surface area contributed by atoms with E-state index in [0.717, 1.165) is 26.2 Å². The summed E-state index contributed by atoms with van der Waals surface area (Å²) in [6.45, 7) is 3.26. The van der Waals surface area contributed by atoms with E-state index in [1.165, 1.54) is 17.9 Å². The predicted octanol–water partition coefficient (Wildman–Crippen LogP) is 0.234. The summed E-state index contributed by atoms with van der Waals surface area (Å²) in [6, 6.07) is 0. The molecular weight excluding hydrogens is 224 g/mol. The van der Waals surface area contributed by atoms with Crippen LogP contribution in [0.5, 0.6) is 0 Å². The zero-order valence-electron chi connectivity index (χ0n) is 9.54. The van der Waals surface area contributed by atoms with Crippen LogP contribution in [0.1, 0.15) is 12.8 Å². The molecule has 2 unspecified atom stereocenters. The first-order valence-electron chi connectivity index (χ1n) is 6.01. The molecule has 2 heterocycles. The third-order valence-electron chi connectivity index (χ3n) is 3.03. The van der Waals surface area contributed by atoms with Gasteiger partial charge in [0.25, 0.3) is 0 Å². The van der Waals surface area contributed by atoms with Crippen LogP contribution in [0.4, 0.5) is 0 Å². The largest absolute Gasteiger partial charge is 0.375 e. The molecule has 4 nitrogen and oxygen atoms in total. The van der Waals surface area contributed by atoms with Crippen LogP contribution in [0, 0.1) is 5.92 Å². The van der Waals surface area contributed by atoms with Crippen molar-refractivity contribution < 1.29 is 9.53 Å². The fraction of sp³-hybridized carbons (Fsp3) is 0.909. The van der Waals surface area contributed by atoms with Crippen LogP contribution in [0.2, 0.25) is 0 Å². The Kier molecular flexibility index (Phi) is 4.93. The third kappa shape index (κ3) is 3.96. The van der Waals surface area contributed by atoms with Crippen LogP contribution in [0.25, 0.3) is 0 Å². The lowest BCUT2D eigenvalue weighted by atomic mass is 10.1. The fourth-order valence-electron chi connectivity index (χ4n) is 2.03. The van der Waals surface area contributed by atoms with E-state index in [0.29, 0.717) is 12.3 Å². The molecule has 92 valence electrons. The number of ether oxygens (including phenoxy) is 1. The van der Waals surface area contributed by atoms with Crippen LogP contribution in [0.3, 0.4) is 0 Å². The van der Waals surface area contributed by atoms with Gasteiger partial charge < -0.3 is 15.4 Å². The van der Waals surface area contributed by atoms with Crippen LogP contribution < -0.4 is 10.6 Å². The van der Waals surface area contributed by atoms with Gasteiger partial charge >= 0.3 is 0 Å². The van der Waals surface area contributed by atoms with E-state index < -0.39 is 0 Å². The molecule has 2 N–H and O–H groups in total. The first kappa shape index (κ1) is 12.2. The molecule has 2 atom stereocenters. The number of hydrogen-bond donors (Lipinski definition) is 2. The van der Waals surface area contributed by atoms with Crippen molar-refractivity contribution in [3.05, 3.63) is 0 Å². The van der Waals surface area contributed by atoms with E-state index in [2.05, 4.69) is 10.6 Å². The summed E-state index contributed by atoms with van der Waals surface area (Å²) in [5.74, 6) is 3.25. The van der Waals surface area contributed by atoms with Gasteiger partial charge in [-0.15, -0.1) is 0 Å². The minimum atomic E-state index is 0.0618. The number of morpholine rings is 1. The maximum Gasteiger partial charge on any atom is 0.222 e. The van der Waals surface area contributed by atoms with Gasteiger partial charge in [-0.05, 0) is 23.8 Å². The summed E-state index contributed by atoms with van der Waals surface area (Å²) >= 11 is 1.98. The van der Waals surface area contributed by atoms with Crippen molar-refractivity contribution in [3.8, 4) is 0 Å². The highest BCUT2D eigenvalue weighted by Gasteiger charge is 2.19. The molecule has 0 bridgehead atoms. The van der Waals surface area contributed by atoms with Crippen molar-refractivity contribution >= 4 is 17.7 Å². The monoisotopic (exact) mass is 244 g/mol. The molecule has 0 radical (unpaired) electrons. The van der Waals surface area contributed by atoms with Gasteiger partial charge in [-0.2, -0.15) is 11.8 Å². The van der Waals surface area contributed by atoms with Gasteiger partial charge in [0, 0.05) is 19.6 Å².